The van der Waals surface area contributed by atoms with E-state index in [1.54, 1.807) is 0 Å². The maximum absolute atomic E-state index is 5.15. The lowest BCUT2D eigenvalue weighted by molar-refractivity contribution is 0.668. The van der Waals surface area contributed by atoms with Gasteiger partial charge in [-0.3, -0.25) is 0 Å². The molecule has 0 radical (unpaired) electrons. The van der Waals surface area contributed by atoms with Crippen molar-refractivity contribution in [3.8, 4) is 61.8 Å². The van der Waals surface area contributed by atoms with Crippen LogP contribution in [0.15, 0.2) is 176 Å². The third-order valence-electron chi connectivity index (χ3n) is 10.8. The van der Waals surface area contributed by atoms with E-state index in [0.29, 0.717) is 5.82 Å². The minimum atomic E-state index is -0.212. The standard InChI is InChI=1S/C49H35N3/c1-49(2)46-37(32-16-6-3-7-17-32)25-15-26-38(46)39-28-29-44-45(47(39)49)40-24-12-13-27-43(40)52(44)36-23-14-22-35(30-36)42-31-41(33-18-8-4-9-19-33)50-48(51-42)34-20-10-5-11-21-34/h3-31H,1-2H3. The van der Waals surface area contributed by atoms with E-state index < -0.39 is 0 Å². The molecule has 7 aromatic carbocycles. The lowest BCUT2D eigenvalue weighted by Gasteiger charge is -2.25. The van der Waals surface area contributed by atoms with Gasteiger partial charge in [0.1, 0.15) is 0 Å². The molecule has 9 aromatic rings. The number of nitrogens with zero attached hydrogens (tertiary/aromatic N) is 3. The molecular weight excluding hydrogens is 631 g/mol. The van der Waals surface area contributed by atoms with E-state index in [-0.39, 0.29) is 5.41 Å². The van der Waals surface area contributed by atoms with Gasteiger partial charge in [-0.15, -0.1) is 0 Å². The highest BCUT2D eigenvalue weighted by Gasteiger charge is 2.40. The van der Waals surface area contributed by atoms with Crippen molar-refractivity contribution >= 4 is 21.8 Å². The molecule has 0 fully saturated rings. The van der Waals surface area contributed by atoms with Crippen molar-refractivity contribution in [2.45, 2.75) is 19.3 Å². The van der Waals surface area contributed by atoms with E-state index in [1.807, 2.05) is 24.3 Å². The molecule has 0 atom stereocenters. The minimum Gasteiger partial charge on any atom is -0.309 e. The van der Waals surface area contributed by atoms with Crippen LogP contribution in [-0.4, -0.2) is 14.5 Å². The van der Waals surface area contributed by atoms with Crippen LogP contribution in [0.5, 0.6) is 0 Å². The molecule has 3 heteroatoms. The second kappa shape index (κ2) is 11.8. The summed E-state index contributed by atoms with van der Waals surface area (Å²) in [4.78, 5) is 10.2. The summed E-state index contributed by atoms with van der Waals surface area (Å²) in [5.41, 5.74) is 16.2. The average Bonchev–Trinajstić information content (AvgIpc) is 3.67. The number of aromatic nitrogens is 3. The molecular formula is C49H35N3. The predicted molar refractivity (Wildman–Crippen MR) is 216 cm³/mol. The number of fused-ring (bicyclic) bond motifs is 7. The second-order valence-electron chi connectivity index (χ2n) is 14.2. The molecule has 0 amide bonds. The van der Waals surface area contributed by atoms with Gasteiger partial charge in [0.25, 0.3) is 0 Å². The Balaban J connectivity index is 1.18. The molecule has 1 aliphatic carbocycles. The normalized spacial score (nSPS) is 13.0. The number of para-hydroxylation sites is 1. The molecule has 0 saturated carbocycles. The van der Waals surface area contributed by atoms with Gasteiger partial charge in [0.15, 0.2) is 5.82 Å². The number of hydrogen-bond acceptors (Lipinski definition) is 2. The van der Waals surface area contributed by atoms with Crippen LogP contribution < -0.4 is 0 Å². The van der Waals surface area contributed by atoms with Crippen LogP contribution in [0.3, 0.4) is 0 Å². The molecule has 246 valence electrons. The summed E-state index contributed by atoms with van der Waals surface area (Å²) in [5.74, 6) is 0.714. The summed E-state index contributed by atoms with van der Waals surface area (Å²) in [6.45, 7) is 4.81. The first-order valence-corrected chi connectivity index (χ1v) is 17.9. The molecule has 2 aromatic heterocycles. The van der Waals surface area contributed by atoms with Crippen molar-refractivity contribution in [3.05, 3.63) is 187 Å². The Morgan fingerprint density at radius 1 is 0.423 bits per heavy atom. The zero-order chi connectivity index (χ0) is 34.8. The summed E-state index contributed by atoms with van der Waals surface area (Å²) < 4.78 is 2.43. The summed E-state index contributed by atoms with van der Waals surface area (Å²) in [6.07, 6.45) is 0. The fraction of sp³-hybridized carbons (Fsp3) is 0.0612. The lowest BCUT2D eigenvalue weighted by Crippen LogP contribution is -2.16. The van der Waals surface area contributed by atoms with Crippen molar-refractivity contribution in [2.24, 2.45) is 0 Å². The summed E-state index contributed by atoms with van der Waals surface area (Å²) in [7, 11) is 0. The van der Waals surface area contributed by atoms with E-state index >= 15 is 0 Å². The van der Waals surface area contributed by atoms with Crippen LogP contribution in [0, 0.1) is 0 Å². The number of benzene rings is 7. The van der Waals surface area contributed by atoms with Gasteiger partial charge in [0, 0.05) is 38.6 Å². The number of rotatable bonds is 5. The molecule has 0 unspecified atom stereocenters. The maximum Gasteiger partial charge on any atom is 0.160 e. The fourth-order valence-electron chi connectivity index (χ4n) is 8.52. The summed E-state index contributed by atoms with van der Waals surface area (Å²) >= 11 is 0. The van der Waals surface area contributed by atoms with Crippen molar-refractivity contribution in [2.75, 3.05) is 0 Å². The van der Waals surface area contributed by atoms with Crippen molar-refractivity contribution in [3.63, 3.8) is 0 Å². The van der Waals surface area contributed by atoms with Crippen molar-refractivity contribution in [1.29, 1.82) is 0 Å². The third-order valence-corrected chi connectivity index (χ3v) is 10.8. The van der Waals surface area contributed by atoms with Gasteiger partial charge in [0.05, 0.1) is 22.4 Å². The van der Waals surface area contributed by atoms with Crippen LogP contribution >= 0.6 is 0 Å². The van der Waals surface area contributed by atoms with Gasteiger partial charge < -0.3 is 4.57 Å². The van der Waals surface area contributed by atoms with Gasteiger partial charge in [-0.05, 0) is 63.7 Å². The number of hydrogen-bond donors (Lipinski definition) is 0. The maximum atomic E-state index is 5.15. The quantitative estimate of drug-likeness (QED) is 0.183. The smallest absolute Gasteiger partial charge is 0.160 e. The molecule has 52 heavy (non-hydrogen) atoms. The molecule has 1 aliphatic rings. The Hall–Kier alpha value is -6.58. The minimum absolute atomic E-state index is 0.212. The van der Waals surface area contributed by atoms with Crippen molar-refractivity contribution < 1.29 is 0 Å². The Morgan fingerprint density at radius 3 is 1.75 bits per heavy atom. The Morgan fingerprint density at radius 2 is 1.00 bits per heavy atom. The molecule has 3 nitrogen and oxygen atoms in total. The Bertz CT molecular complexity index is 2740. The summed E-state index contributed by atoms with van der Waals surface area (Å²) in [6, 6.07) is 62.7. The highest BCUT2D eigenvalue weighted by Crippen LogP contribution is 2.55. The van der Waals surface area contributed by atoms with Crippen LogP contribution in [0.2, 0.25) is 0 Å². The van der Waals surface area contributed by atoms with Crippen molar-refractivity contribution in [1.82, 2.24) is 14.5 Å². The van der Waals surface area contributed by atoms with Crippen LogP contribution in [0.1, 0.15) is 25.0 Å². The first kappa shape index (κ1) is 30.3. The Labute approximate surface area is 303 Å². The lowest BCUT2D eigenvalue weighted by atomic mass is 9.77. The highest BCUT2D eigenvalue weighted by atomic mass is 15.0. The molecule has 0 spiro atoms. The first-order chi connectivity index (χ1) is 25.6. The zero-order valence-corrected chi connectivity index (χ0v) is 29.1. The average molecular weight is 666 g/mol. The topological polar surface area (TPSA) is 30.7 Å². The van der Waals surface area contributed by atoms with Gasteiger partial charge in [-0.1, -0.05) is 159 Å². The van der Waals surface area contributed by atoms with Gasteiger partial charge in [-0.2, -0.15) is 0 Å². The largest absolute Gasteiger partial charge is 0.309 e. The molecule has 0 saturated heterocycles. The van der Waals surface area contributed by atoms with E-state index in [9.17, 15) is 0 Å². The zero-order valence-electron chi connectivity index (χ0n) is 29.1. The van der Waals surface area contributed by atoms with E-state index in [0.717, 1.165) is 33.8 Å². The molecule has 10 rings (SSSR count). The van der Waals surface area contributed by atoms with E-state index in [1.165, 1.54) is 55.2 Å². The van der Waals surface area contributed by atoms with E-state index in [2.05, 4.69) is 170 Å². The predicted octanol–water partition coefficient (Wildman–Crippen LogP) is 12.5. The molecule has 0 bridgehead atoms. The van der Waals surface area contributed by atoms with Crippen LogP contribution in [0.25, 0.3) is 83.6 Å². The second-order valence-corrected chi connectivity index (χ2v) is 14.2. The monoisotopic (exact) mass is 665 g/mol. The molecule has 2 heterocycles. The third kappa shape index (κ3) is 4.66. The molecule has 0 N–H and O–H groups in total. The fourth-order valence-corrected chi connectivity index (χ4v) is 8.52. The van der Waals surface area contributed by atoms with Gasteiger partial charge in [-0.25, -0.2) is 9.97 Å². The molecule has 0 aliphatic heterocycles. The Kier molecular flexibility index (Phi) is 6.84. The highest BCUT2D eigenvalue weighted by molar-refractivity contribution is 6.14. The first-order valence-electron chi connectivity index (χ1n) is 17.9. The summed E-state index contributed by atoms with van der Waals surface area (Å²) in [5, 5.41) is 2.58. The van der Waals surface area contributed by atoms with E-state index in [4.69, 9.17) is 9.97 Å². The van der Waals surface area contributed by atoms with Gasteiger partial charge in [0.2, 0.25) is 0 Å². The SMILES string of the molecule is CC1(C)c2c(-c3ccccc3)cccc2-c2ccc3c(c21)c1ccccc1n3-c1cccc(-c2cc(-c3ccccc3)nc(-c3ccccc3)n2)c1. The van der Waals surface area contributed by atoms with Crippen LogP contribution in [0.4, 0.5) is 0 Å². The van der Waals surface area contributed by atoms with Crippen LogP contribution in [-0.2, 0) is 5.41 Å². The van der Waals surface area contributed by atoms with Gasteiger partial charge >= 0.3 is 0 Å².